The highest BCUT2D eigenvalue weighted by Crippen LogP contribution is 2.32. The maximum atomic E-state index is 12.6. The third-order valence-corrected chi connectivity index (χ3v) is 8.24. The summed E-state index contributed by atoms with van der Waals surface area (Å²) in [7, 11) is -1.99. The van der Waals surface area contributed by atoms with Crippen LogP contribution in [0.1, 0.15) is 25.3 Å². The van der Waals surface area contributed by atoms with Crippen LogP contribution in [0, 0.1) is 0 Å². The van der Waals surface area contributed by atoms with Gasteiger partial charge in [0.15, 0.2) is 9.84 Å². The molecule has 1 unspecified atom stereocenters. The van der Waals surface area contributed by atoms with Crippen molar-refractivity contribution >= 4 is 21.7 Å². The van der Waals surface area contributed by atoms with E-state index in [-0.39, 0.29) is 18.6 Å². The lowest BCUT2D eigenvalue weighted by atomic mass is 9.99. The lowest BCUT2D eigenvalue weighted by molar-refractivity contribution is -0.142. The Morgan fingerprint density at radius 2 is 1.83 bits per heavy atom. The Morgan fingerprint density at radius 1 is 1.17 bits per heavy atom. The molecule has 30 heavy (non-hydrogen) atoms. The number of carboxylic acids is 1. The van der Waals surface area contributed by atoms with Crippen LogP contribution in [0.3, 0.4) is 0 Å². The lowest BCUT2D eigenvalue weighted by Gasteiger charge is -2.24. The Kier molecular flexibility index (Phi) is 6.17. The Balaban J connectivity index is 1.76. The summed E-state index contributed by atoms with van der Waals surface area (Å²) in [5, 5.41) is 12.0. The van der Waals surface area contributed by atoms with Gasteiger partial charge in [0, 0.05) is 12.0 Å². The molecule has 8 heteroatoms. The van der Waals surface area contributed by atoms with E-state index in [1.807, 2.05) is 36.4 Å². The quantitative estimate of drug-likeness (QED) is 0.697. The maximum Gasteiger partial charge on any atom is 0.326 e. The van der Waals surface area contributed by atoms with E-state index < -0.39 is 32.5 Å². The van der Waals surface area contributed by atoms with Crippen LogP contribution in [0.4, 0.5) is 0 Å². The first-order chi connectivity index (χ1) is 14.2. The van der Waals surface area contributed by atoms with Crippen LogP contribution in [-0.2, 0) is 25.8 Å². The zero-order chi connectivity index (χ0) is 21.9. The molecule has 1 heterocycles. The molecule has 2 aromatic carbocycles. The van der Waals surface area contributed by atoms with Gasteiger partial charge in [-0.1, -0.05) is 42.5 Å². The maximum absolute atomic E-state index is 12.6. The van der Waals surface area contributed by atoms with Gasteiger partial charge >= 0.3 is 5.97 Å². The smallest absolute Gasteiger partial charge is 0.326 e. The molecule has 2 atom stereocenters. The van der Waals surface area contributed by atoms with Crippen molar-refractivity contribution in [3.8, 4) is 16.9 Å². The number of aliphatic carboxylic acids is 1. The number of hydrogen-bond donors (Lipinski definition) is 2. The van der Waals surface area contributed by atoms with E-state index in [0.29, 0.717) is 12.0 Å². The first-order valence-corrected chi connectivity index (χ1v) is 11.3. The van der Waals surface area contributed by atoms with E-state index in [9.17, 15) is 23.1 Å². The van der Waals surface area contributed by atoms with Crippen molar-refractivity contribution in [1.82, 2.24) is 5.32 Å². The molecule has 1 fully saturated rings. The Bertz CT molecular complexity index is 1050. The van der Waals surface area contributed by atoms with Gasteiger partial charge in [-0.3, -0.25) is 4.79 Å². The van der Waals surface area contributed by atoms with E-state index in [2.05, 4.69) is 5.32 Å². The van der Waals surface area contributed by atoms with Crippen LogP contribution in [0.25, 0.3) is 11.1 Å². The van der Waals surface area contributed by atoms with Crippen molar-refractivity contribution in [2.45, 2.75) is 37.0 Å². The van der Waals surface area contributed by atoms with E-state index >= 15 is 0 Å². The van der Waals surface area contributed by atoms with Gasteiger partial charge < -0.3 is 15.2 Å². The fourth-order valence-electron chi connectivity index (χ4n) is 3.69. The minimum Gasteiger partial charge on any atom is -0.496 e. The molecule has 0 radical (unpaired) electrons. The van der Waals surface area contributed by atoms with Crippen molar-refractivity contribution in [1.29, 1.82) is 0 Å². The van der Waals surface area contributed by atoms with Crippen LogP contribution in [0.15, 0.2) is 48.5 Å². The van der Waals surface area contributed by atoms with Crippen LogP contribution < -0.4 is 10.1 Å². The van der Waals surface area contributed by atoms with E-state index in [1.165, 1.54) is 6.92 Å². The van der Waals surface area contributed by atoms with E-state index in [0.717, 1.165) is 16.9 Å². The third kappa shape index (κ3) is 4.18. The molecular formula is C22H25NO6S. The zero-order valence-corrected chi connectivity index (χ0v) is 17.7. The predicted octanol–water partition coefficient (Wildman–Crippen LogP) is 2.44. The highest BCUT2D eigenvalue weighted by molar-refractivity contribution is 7.93. The van der Waals surface area contributed by atoms with Crippen molar-refractivity contribution in [3.63, 3.8) is 0 Å². The van der Waals surface area contributed by atoms with Gasteiger partial charge in [-0.2, -0.15) is 0 Å². The number of para-hydroxylation sites is 1. The van der Waals surface area contributed by atoms with Crippen molar-refractivity contribution in [2.75, 3.05) is 12.9 Å². The highest BCUT2D eigenvalue weighted by atomic mass is 32.2. The lowest BCUT2D eigenvalue weighted by Crippen LogP contribution is -2.53. The molecule has 3 rings (SSSR count). The molecule has 1 aliphatic rings. The summed E-state index contributed by atoms with van der Waals surface area (Å²) in [4.78, 5) is 24.3. The van der Waals surface area contributed by atoms with Crippen molar-refractivity contribution in [2.24, 2.45) is 0 Å². The van der Waals surface area contributed by atoms with Crippen molar-refractivity contribution in [3.05, 3.63) is 54.1 Å². The molecule has 2 aromatic rings. The molecule has 0 spiro atoms. The number of ether oxygens (including phenoxy) is 1. The Hall–Kier alpha value is -2.87. The summed E-state index contributed by atoms with van der Waals surface area (Å²) in [6, 6.07) is 13.6. The topological polar surface area (TPSA) is 110 Å². The molecule has 1 saturated heterocycles. The summed E-state index contributed by atoms with van der Waals surface area (Å²) in [5.74, 6) is -1.29. The zero-order valence-electron chi connectivity index (χ0n) is 16.9. The molecule has 0 aliphatic carbocycles. The average Bonchev–Trinajstić information content (AvgIpc) is 3.01. The third-order valence-electron chi connectivity index (χ3n) is 5.65. The molecule has 0 bridgehead atoms. The van der Waals surface area contributed by atoms with Crippen LogP contribution in [0.2, 0.25) is 0 Å². The van der Waals surface area contributed by atoms with Crippen molar-refractivity contribution < 1.29 is 27.9 Å². The van der Waals surface area contributed by atoms with Gasteiger partial charge in [0.05, 0.1) is 12.9 Å². The average molecular weight is 432 g/mol. The highest BCUT2D eigenvalue weighted by Gasteiger charge is 2.50. The molecular weight excluding hydrogens is 406 g/mol. The number of carboxylic acid groups (broad SMARTS) is 1. The van der Waals surface area contributed by atoms with Crippen LogP contribution >= 0.6 is 0 Å². The molecule has 0 saturated carbocycles. The van der Waals surface area contributed by atoms with Gasteiger partial charge in [0.25, 0.3) is 0 Å². The van der Waals surface area contributed by atoms with Gasteiger partial charge in [0.2, 0.25) is 5.91 Å². The number of methoxy groups -OCH3 is 1. The number of carbonyl (C=O) groups excluding carboxylic acids is 1. The standard InChI is InChI=1S/C22H25NO6S/c1-22(12-5-13-30(22,27)28)21(26)23-18(20(24)25)14-15-8-10-16(11-9-15)17-6-3-4-7-19(17)29-2/h3-4,6-11,18H,5,12-14H2,1-2H3,(H,23,26)(H,24,25)/t18-,22?/m0/s1. The summed E-state index contributed by atoms with van der Waals surface area (Å²) in [6.07, 6.45) is 0.638. The summed E-state index contributed by atoms with van der Waals surface area (Å²) < 4.78 is 28.3. The van der Waals surface area contributed by atoms with Gasteiger partial charge in [-0.05, 0) is 37.0 Å². The SMILES string of the molecule is COc1ccccc1-c1ccc(C[C@H](NC(=O)C2(C)CCCS2(=O)=O)C(=O)O)cc1. The largest absolute Gasteiger partial charge is 0.496 e. The monoisotopic (exact) mass is 431 g/mol. The van der Waals surface area contributed by atoms with Crippen LogP contribution in [0.5, 0.6) is 5.75 Å². The van der Waals surface area contributed by atoms with E-state index in [1.54, 1.807) is 19.2 Å². The molecule has 160 valence electrons. The minimum atomic E-state index is -3.59. The Labute approximate surface area is 176 Å². The number of rotatable bonds is 7. The first kappa shape index (κ1) is 21.8. The van der Waals surface area contributed by atoms with Gasteiger partial charge in [0.1, 0.15) is 16.5 Å². The minimum absolute atomic E-state index is 0.0450. The summed E-state index contributed by atoms with van der Waals surface area (Å²) in [6.45, 7) is 1.37. The molecule has 0 aromatic heterocycles. The number of benzene rings is 2. The van der Waals surface area contributed by atoms with Gasteiger partial charge in [-0.25, -0.2) is 13.2 Å². The second kappa shape index (κ2) is 8.47. The number of hydrogen-bond acceptors (Lipinski definition) is 5. The second-order valence-electron chi connectivity index (χ2n) is 7.62. The fraction of sp³-hybridized carbons (Fsp3) is 0.364. The molecule has 2 N–H and O–H groups in total. The molecule has 7 nitrogen and oxygen atoms in total. The molecule has 1 aliphatic heterocycles. The molecule has 1 amide bonds. The summed E-state index contributed by atoms with van der Waals surface area (Å²) in [5.41, 5.74) is 2.53. The number of nitrogens with one attached hydrogen (secondary N) is 1. The second-order valence-corrected chi connectivity index (χ2v) is 10.2. The first-order valence-electron chi connectivity index (χ1n) is 9.66. The summed E-state index contributed by atoms with van der Waals surface area (Å²) >= 11 is 0. The van der Waals surface area contributed by atoms with Gasteiger partial charge in [-0.15, -0.1) is 0 Å². The fourth-order valence-corrected chi connectivity index (χ4v) is 5.46. The Morgan fingerprint density at radius 3 is 2.40 bits per heavy atom. The number of carbonyl (C=O) groups is 2. The number of sulfone groups is 1. The normalized spacial score (nSPS) is 21.0. The van der Waals surface area contributed by atoms with Crippen LogP contribution in [-0.4, -0.2) is 49.1 Å². The van der Waals surface area contributed by atoms with E-state index in [4.69, 9.17) is 4.74 Å². The predicted molar refractivity (Wildman–Crippen MR) is 113 cm³/mol. The number of amides is 1.